The Kier molecular flexibility index (Phi) is 3.14. The number of fused-ring (bicyclic) bond motifs is 2. The Morgan fingerprint density at radius 1 is 1.11 bits per heavy atom. The Bertz CT molecular complexity index is 849. The second kappa shape index (κ2) is 4.56. The average molecular weight is 335 g/mol. The van der Waals surface area contributed by atoms with Gasteiger partial charge in [0.05, 0.1) is 20.1 Å². The Balaban J connectivity index is 2.55. The van der Waals surface area contributed by atoms with E-state index in [1.165, 1.54) is 23.5 Å². The van der Waals surface area contributed by atoms with Crippen LogP contribution >= 0.6 is 46.1 Å². The Morgan fingerprint density at radius 2 is 1.84 bits per heavy atom. The zero-order chi connectivity index (χ0) is 13.7. The average Bonchev–Trinajstić information content (AvgIpc) is 2.41. The summed E-state index contributed by atoms with van der Waals surface area (Å²) in [4.78, 5) is 16.4. The summed E-state index contributed by atoms with van der Waals surface area (Å²) in [6, 6.07) is 4.18. The van der Waals surface area contributed by atoms with E-state index in [0.717, 1.165) is 0 Å². The molecule has 7 heteroatoms. The van der Waals surface area contributed by atoms with Gasteiger partial charge in [-0.15, -0.1) is 11.3 Å². The smallest absolute Gasteiger partial charge is 0.218 e. The standard InChI is InChI=1S/C12H3Cl3FNOS/c13-7-8(14)11(18)9(15)12-10(7)17-5-3-4(16)1-2-6(5)19-12/h1-3H. The molecule has 1 aliphatic heterocycles. The van der Waals surface area contributed by atoms with Crippen molar-refractivity contribution in [1.29, 1.82) is 0 Å². The van der Waals surface area contributed by atoms with Crippen molar-refractivity contribution in [3.8, 4) is 10.6 Å². The summed E-state index contributed by atoms with van der Waals surface area (Å²) in [5, 5.41) is -0.156. The van der Waals surface area contributed by atoms with Crippen LogP contribution in [-0.2, 0) is 0 Å². The summed E-state index contributed by atoms with van der Waals surface area (Å²) < 4.78 is 13.9. The highest BCUT2D eigenvalue weighted by molar-refractivity contribution is 7.22. The summed E-state index contributed by atoms with van der Waals surface area (Å²) in [5.41, 5.74) is 0.213. The fraction of sp³-hybridized carbons (Fsp3) is 0. The highest BCUT2D eigenvalue weighted by Crippen LogP contribution is 2.41. The van der Waals surface area contributed by atoms with E-state index < -0.39 is 11.2 Å². The minimum absolute atomic E-state index is 0.0203. The molecule has 19 heavy (non-hydrogen) atoms. The van der Waals surface area contributed by atoms with Gasteiger partial charge in [-0.3, -0.25) is 4.79 Å². The van der Waals surface area contributed by atoms with Gasteiger partial charge in [-0.05, 0) is 12.1 Å². The molecule has 1 aromatic rings. The fourth-order valence-corrected chi connectivity index (χ4v) is 3.50. The van der Waals surface area contributed by atoms with E-state index >= 15 is 0 Å². The molecular weight excluding hydrogens is 332 g/mol. The predicted octanol–water partition coefficient (Wildman–Crippen LogP) is 4.86. The number of hydrogen-bond acceptors (Lipinski definition) is 3. The molecule has 0 spiro atoms. The van der Waals surface area contributed by atoms with Crippen LogP contribution in [0, 0.1) is 5.82 Å². The van der Waals surface area contributed by atoms with E-state index in [1.54, 1.807) is 6.07 Å². The summed E-state index contributed by atoms with van der Waals surface area (Å²) in [5.74, 6) is -0.402. The van der Waals surface area contributed by atoms with Crippen molar-refractivity contribution in [2.45, 2.75) is 0 Å². The van der Waals surface area contributed by atoms with E-state index in [0.29, 0.717) is 20.8 Å². The third-order valence-electron chi connectivity index (χ3n) is 2.58. The zero-order valence-corrected chi connectivity index (χ0v) is 12.1. The predicted molar refractivity (Wildman–Crippen MR) is 77.5 cm³/mol. The van der Waals surface area contributed by atoms with Crippen LogP contribution in [0.5, 0.6) is 0 Å². The van der Waals surface area contributed by atoms with E-state index in [9.17, 15) is 9.18 Å². The molecule has 0 fully saturated rings. The van der Waals surface area contributed by atoms with Gasteiger partial charge in [0.15, 0.2) is 0 Å². The lowest BCUT2D eigenvalue weighted by Crippen LogP contribution is -2.06. The summed E-state index contributed by atoms with van der Waals surface area (Å²) in [6.45, 7) is 0. The molecule has 0 unspecified atom stereocenters. The number of benzene rings is 2. The Labute approximate surface area is 125 Å². The quantitative estimate of drug-likeness (QED) is 0.434. The molecule has 1 aliphatic carbocycles. The van der Waals surface area contributed by atoms with Crippen molar-refractivity contribution in [1.82, 2.24) is 4.98 Å². The van der Waals surface area contributed by atoms with Crippen LogP contribution in [0.3, 0.4) is 0 Å². The Hall–Kier alpha value is -0.940. The van der Waals surface area contributed by atoms with Gasteiger partial charge in [-0.1, -0.05) is 34.8 Å². The molecule has 0 bridgehead atoms. The minimum Gasteiger partial charge on any atom is -0.286 e. The number of rotatable bonds is 0. The molecule has 3 rings (SSSR count). The molecule has 0 saturated carbocycles. The molecule has 1 heterocycles. The number of hydrogen-bond donors (Lipinski definition) is 0. The second-order valence-corrected chi connectivity index (χ2v) is 5.96. The van der Waals surface area contributed by atoms with Gasteiger partial charge in [-0.2, -0.15) is 0 Å². The van der Waals surface area contributed by atoms with Gasteiger partial charge < -0.3 is 0 Å². The Morgan fingerprint density at radius 3 is 2.58 bits per heavy atom. The highest BCUT2D eigenvalue weighted by atomic mass is 35.5. The molecule has 2 aliphatic rings. The van der Waals surface area contributed by atoms with Gasteiger partial charge in [0.1, 0.15) is 21.6 Å². The van der Waals surface area contributed by atoms with Crippen molar-refractivity contribution in [2.75, 3.05) is 0 Å². The van der Waals surface area contributed by atoms with Crippen LogP contribution in [-0.4, -0.2) is 4.98 Å². The minimum atomic E-state index is -0.527. The monoisotopic (exact) mass is 333 g/mol. The zero-order valence-electron chi connectivity index (χ0n) is 9.01. The van der Waals surface area contributed by atoms with E-state index in [1.807, 2.05) is 0 Å². The van der Waals surface area contributed by atoms with Gasteiger partial charge in [-0.25, -0.2) is 9.37 Å². The summed E-state index contributed by atoms with van der Waals surface area (Å²) in [6.07, 6.45) is 0. The van der Waals surface area contributed by atoms with Crippen molar-refractivity contribution in [3.63, 3.8) is 0 Å². The van der Waals surface area contributed by atoms with Gasteiger partial charge in [0.25, 0.3) is 0 Å². The molecule has 0 atom stereocenters. The lowest BCUT2D eigenvalue weighted by Gasteiger charge is -2.10. The number of nitrogens with zero attached hydrogens (tertiary/aromatic N) is 1. The fourth-order valence-electron chi connectivity index (χ4n) is 1.69. The topological polar surface area (TPSA) is 30.0 Å². The molecule has 2 nitrogen and oxygen atoms in total. The lowest BCUT2D eigenvalue weighted by atomic mass is 10.2. The first-order valence-electron chi connectivity index (χ1n) is 5.05. The summed E-state index contributed by atoms with van der Waals surface area (Å²) in [7, 11) is 0. The first-order chi connectivity index (χ1) is 8.99. The first kappa shape index (κ1) is 13.1. The van der Waals surface area contributed by atoms with Gasteiger partial charge >= 0.3 is 0 Å². The van der Waals surface area contributed by atoms with E-state index in [4.69, 9.17) is 34.8 Å². The van der Waals surface area contributed by atoms with Crippen molar-refractivity contribution >= 4 is 56.4 Å². The van der Waals surface area contributed by atoms with E-state index in [2.05, 4.69) is 4.98 Å². The normalized spacial score (nSPS) is 11.4. The van der Waals surface area contributed by atoms with Crippen LogP contribution in [0.1, 0.15) is 0 Å². The van der Waals surface area contributed by atoms with Crippen LogP contribution < -0.4 is 5.43 Å². The second-order valence-electron chi connectivity index (χ2n) is 3.77. The van der Waals surface area contributed by atoms with Gasteiger partial charge in [0.2, 0.25) is 5.43 Å². The third-order valence-corrected chi connectivity index (χ3v) is 5.04. The highest BCUT2D eigenvalue weighted by Gasteiger charge is 2.22. The van der Waals surface area contributed by atoms with Crippen molar-refractivity contribution in [3.05, 3.63) is 49.3 Å². The number of aromatic nitrogens is 1. The van der Waals surface area contributed by atoms with Crippen molar-refractivity contribution in [2.24, 2.45) is 0 Å². The molecular formula is C12H3Cl3FNOS. The molecule has 0 aromatic heterocycles. The maximum absolute atomic E-state index is 13.2. The summed E-state index contributed by atoms with van der Waals surface area (Å²) >= 11 is 19.0. The van der Waals surface area contributed by atoms with Crippen LogP contribution in [0.25, 0.3) is 20.8 Å². The molecule has 96 valence electrons. The van der Waals surface area contributed by atoms with Crippen molar-refractivity contribution < 1.29 is 4.39 Å². The van der Waals surface area contributed by atoms with Crippen LogP contribution in [0.4, 0.5) is 4.39 Å². The molecule has 0 saturated heterocycles. The van der Waals surface area contributed by atoms with Crippen LogP contribution in [0.2, 0.25) is 15.1 Å². The maximum Gasteiger partial charge on any atom is 0.218 e. The van der Waals surface area contributed by atoms with Gasteiger partial charge in [0, 0.05) is 6.07 Å². The van der Waals surface area contributed by atoms with E-state index in [-0.39, 0.29) is 15.1 Å². The third kappa shape index (κ3) is 1.99. The molecule has 0 N–H and O–H groups in total. The molecule has 1 aromatic carbocycles. The maximum atomic E-state index is 13.2. The molecule has 0 radical (unpaired) electrons. The largest absolute Gasteiger partial charge is 0.286 e. The first-order valence-corrected chi connectivity index (χ1v) is 7.00. The number of halogens is 4. The molecule has 0 amide bonds. The van der Waals surface area contributed by atoms with Crippen LogP contribution in [0.15, 0.2) is 23.0 Å². The SMILES string of the molecule is O=c1c(Cl)c2sc3ccc(F)cc3nc-2c(Cl)c1Cl. The lowest BCUT2D eigenvalue weighted by molar-refractivity contribution is 0.629.